The summed E-state index contributed by atoms with van der Waals surface area (Å²) < 4.78 is 22.6. The largest absolute Gasteiger partial charge is 0.481 e. The van der Waals surface area contributed by atoms with E-state index < -0.39 is 15.8 Å². The summed E-state index contributed by atoms with van der Waals surface area (Å²) in [6, 6.07) is -0.295. The van der Waals surface area contributed by atoms with E-state index in [9.17, 15) is 18.0 Å². The van der Waals surface area contributed by atoms with Crippen molar-refractivity contribution >= 4 is 21.8 Å². The zero-order valence-electron chi connectivity index (χ0n) is 11.2. The molecule has 8 heteroatoms. The molecule has 0 spiro atoms. The average Bonchev–Trinajstić information content (AvgIpc) is 2.84. The minimum Gasteiger partial charge on any atom is -0.481 e. The molecule has 114 valence electrons. The number of nitrogens with one attached hydrogen (secondary N) is 1. The van der Waals surface area contributed by atoms with Crippen molar-refractivity contribution in [3.63, 3.8) is 0 Å². The lowest BCUT2D eigenvalue weighted by Gasteiger charge is -2.27. The molecule has 1 aliphatic carbocycles. The first-order valence-corrected chi connectivity index (χ1v) is 8.67. The summed E-state index contributed by atoms with van der Waals surface area (Å²) >= 11 is 0. The molecule has 0 bridgehead atoms. The molecule has 0 radical (unpaired) electrons. The number of carboxylic acids is 1. The summed E-state index contributed by atoms with van der Waals surface area (Å²) in [5.74, 6) is -1.20. The van der Waals surface area contributed by atoms with Crippen LogP contribution in [0.4, 0.5) is 4.79 Å². The molecule has 1 saturated carbocycles. The third-order valence-electron chi connectivity index (χ3n) is 4.12. The topological polar surface area (TPSA) is 104 Å². The van der Waals surface area contributed by atoms with E-state index in [-0.39, 0.29) is 42.5 Å². The number of hydrogen-bond donors (Lipinski definition) is 2. The van der Waals surface area contributed by atoms with E-state index in [1.54, 1.807) is 0 Å². The van der Waals surface area contributed by atoms with Gasteiger partial charge in [0.1, 0.15) is 0 Å². The molecule has 2 amide bonds. The van der Waals surface area contributed by atoms with Crippen molar-refractivity contribution in [1.29, 1.82) is 0 Å². The quantitative estimate of drug-likeness (QED) is 0.759. The van der Waals surface area contributed by atoms with Crippen LogP contribution in [-0.2, 0) is 14.6 Å². The van der Waals surface area contributed by atoms with Crippen molar-refractivity contribution in [3.05, 3.63) is 0 Å². The van der Waals surface area contributed by atoms with Crippen molar-refractivity contribution in [3.8, 4) is 0 Å². The molecular formula is C12H20N2O5S. The Labute approximate surface area is 118 Å². The molecule has 0 aromatic carbocycles. The first-order valence-electron chi connectivity index (χ1n) is 6.85. The second-order valence-corrected chi connectivity index (χ2v) is 7.76. The molecule has 7 nitrogen and oxygen atoms in total. The fraction of sp³-hybridized carbons (Fsp3) is 0.833. The summed E-state index contributed by atoms with van der Waals surface area (Å²) in [6.45, 7) is 0.765. The van der Waals surface area contributed by atoms with Crippen LogP contribution in [-0.4, -0.2) is 61.6 Å². The molecule has 2 aliphatic rings. The van der Waals surface area contributed by atoms with Crippen LogP contribution in [0.5, 0.6) is 0 Å². The molecule has 1 saturated heterocycles. The Morgan fingerprint density at radius 3 is 2.45 bits per heavy atom. The van der Waals surface area contributed by atoms with Gasteiger partial charge >= 0.3 is 12.0 Å². The standard InChI is InChI=1S/C12H20N2O5S/c15-11(16)10-3-1-2-9(10)8-13-12(17)14-4-6-20(18,19)7-5-14/h9-10H,1-8H2,(H,13,17)(H,15,16). The van der Waals surface area contributed by atoms with Crippen molar-refractivity contribution in [1.82, 2.24) is 10.2 Å². The van der Waals surface area contributed by atoms with E-state index in [4.69, 9.17) is 5.11 Å². The number of sulfone groups is 1. The van der Waals surface area contributed by atoms with E-state index in [1.165, 1.54) is 4.90 Å². The monoisotopic (exact) mass is 304 g/mol. The summed E-state index contributed by atoms with van der Waals surface area (Å²) in [6.07, 6.45) is 2.35. The highest BCUT2D eigenvalue weighted by atomic mass is 32.2. The Bertz CT molecular complexity index is 476. The molecule has 0 aromatic rings. The summed E-state index contributed by atoms with van der Waals surface area (Å²) in [5.41, 5.74) is 0. The lowest BCUT2D eigenvalue weighted by molar-refractivity contribution is -0.142. The predicted octanol–water partition coefficient (Wildman–Crippen LogP) is -0.0727. The highest BCUT2D eigenvalue weighted by molar-refractivity contribution is 7.91. The number of nitrogens with zero attached hydrogens (tertiary/aromatic N) is 1. The number of aliphatic carboxylic acids is 1. The fourth-order valence-corrected chi connectivity index (χ4v) is 4.05. The van der Waals surface area contributed by atoms with Crippen LogP contribution in [0.15, 0.2) is 0 Å². The van der Waals surface area contributed by atoms with Crippen LogP contribution >= 0.6 is 0 Å². The van der Waals surface area contributed by atoms with E-state index in [0.29, 0.717) is 13.0 Å². The van der Waals surface area contributed by atoms with E-state index in [0.717, 1.165) is 12.8 Å². The smallest absolute Gasteiger partial charge is 0.317 e. The Morgan fingerprint density at radius 2 is 1.85 bits per heavy atom. The maximum Gasteiger partial charge on any atom is 0.317 e. The van der Waals surface area contributed by atoms with Crippen molar-refractivity contribution < 1.29 is 23.1 Å². The van der Waals surface area contributed by atoms with Gasteiger partial charge in [0.25, 0.3) is 0 Å². The van der Waals surface area contributed by atoms with Crippen molar-refractivity contribution in [2.24, 2.45) is 11.8 Å². The van der Waals surface area contributed by atoms with Gasteiger partial charge in [0.05, 0.1) is 17.4 Å². The van der Waals surface area contributed by atoms with Gasteiger partial charge in [0.15, 0.2) is 9.84 Å². The minimum absolute atomic E-state index is 0.00159. The molecule has 2 unspecified atom stereocenters. The lowest BCUT2D eigenvalue weighted by Crippen LogP contribution is -2.49. The van der Waals surface area contributed by atoms with Gasteiger partial charge in [-0.1, -0.05) is 6.42 Å². The first kappa shape index (κ1) is 15.1. The Hall–Kier alpha value is -1.31. The number of hydrogen-bond acceptors (Lipinski definition) is 4. The molecule has 1 aliphatic heterocycles. The molecule has 2 atom stereocenters. The van der Waals surface area contributed by atoms with E-state index in [2.05, 4.69) is 5.32 Å². The summed E-state index contributed by atoms with van der Waals surface area (Å²) in [7, 11) is -3.00. The van der Waals surface area contributed by atoms with Crippen molar-refractivity contribution in [2.45, 2.75) is 19.3 Å². The molecular weight excluding hydrogens is 284 g/mol. The zero-order valence-corrected chi connectivity index (χ0v) is 12.1. The zero-order chi connectivity index (χ0) is 14.8. The second kappa shape index (κ2) is 5.99. The SMILES string of the molecule is O=C(O)C1CCCC1CNC(=O)N1CCS(=O)(=O)CC1. The molecule has 2 N–H and O–H groups in total. The van der Waals surface area contributed by atoms with Gasteiger partial charge in [0.2, 0.25) is 0 Å². The lowest BCUT2D eigenvalue weighted by atomic mass is 9.96. The van der Waals surface area contributed by atoms with Crippen LogP contribution < -0.4 is 5.32 Å². The van der Waals surface area contributed by atoms with Crippen LogP contribution in [0, 0.1) is 11.8 Å². The molecule has 0 aromatic heterocycles. The molecule has 2 fully saturated rings. The van der Waals surface area contributed by atoms with Gasteiger partial charge in [0, 0.05) is 19.6 Å². The Balaban J connectivity index is 1.79. The average molecular weight is 304 g/mol. The minimum atomic E-state index is -3.00. The normalized spacial score (nSPS) is 29.1. The van der Waals surface area contributed by atoms with Gasteiger partial charge < -0.3 is 15.3 Å². The highest BCUT2D eigenvalue weighted by Crippen LogP contribution is 2.31. The Kier molecular flexibility index (Phi) is 4.52. The molecule has 1 heterocycles. The first-order chi connectivity index (χ1) is 9.39. The summed E-state index contributed by atoms with van der Waals surface area (Å²) in [4.78, 5) is 24.4. The van der Waals surface area contributed by atoms with E-state index in [1.807, 2.05) is 0 Å². The van der Waals surface area contributed by atoms with Crippen LogP contribution in [0.2, 0.25) is 0 Å². The fourth-order valence-electron chi connectivity index (χ4n) is 2.85. The van der Waals surface area contributed by atoms with Gasteiger partial charge in [-0.3, -0.25) is 4.79 Å². The van der Waals surface area contributed by atoms with Gasteiger partial charge in [-0.2, -0.15) is 0 Å². The van der Waals surface area contributed by atoms with Crippen molar-refractivity contribution in [2.75, 3.05) is 31.1 Å². The van der Waals surface area contributed by atoms with Gasteiger partial charge in [-0.15, -0.1) is 0 Å². The number of urea groups is 1. The van der Waals surface area contributed by atoms with Crippen LogP contribution in [0.25, 0.3) is 0 Å². The Morgan fingerprint density at radius 1 is 1.20 bits per heavy atom. The highest BCUT2D eigenvalue weighted by Gasteiger charge is 2.33. The molecule has 20 heavy (non-hydrogen) atoms. The van der Waals surface area contributed by atoms with Gasteiger partial charge in [-0.05, 0) is 18.8 Å². The maximum atomic E-state index is 11.9. The van der Waals surface area contributed by atoms with Gasteiger partial charge in [-0.25, -0.2) is 13.2 Å². The predicted molar refractivity (Wildman–Crippen MR) is 72.1 cm³/mol. The van der Waals surface area contributed by atoms with Crippen LogP contribution in [0.3, 0.4) is 0 Å². The second-order valence-electron chi connectivity index (χ2n) is 5.46. The summed E-state index contributed by atoms with van der Waals surface area (Å²) in [5, 5.41) is 11.8. The number of carboxylic acid groups (broad SMARTS) is 1. The number of amides is 2. The number of carbonyl (C=O) groups is 2. The van der Waals surface area contributed by atoms with E-state index >= 15 is 0 Å². The number of carbonyl (C=O) groups excluding carboxylic acids is 1. The maximum absolute atomic E-state index is 11.9. The van der Waals surface area contributed by atoms with Crippen LogP contribution in [0.1, 0.15) is 19.3 Å². The number of rotatable bonds is 3. The third kappa shape index (κ3) is 3.62. The third-order valence-corrected chi connectivity index (χ3v) is 5.73. The molecule has 2 rings (SSSR count).